The maximum Gasteiger partial charge on any atom is 0.105 e. The number of amidine groups is 1. The molecule has 2 unspecified atom stereocenters. The van der Waals surface area contributed by atoms with E-state index in [1.165, 1.54) is 5.56 Å². The Morgan fingerprint density at radius 3 is 3.12 bits per heavy atom. The first kappa shape index (κ1) is 9.41. The molecule has 0 bridgehead atoms. The SMILES string of the molecule is N#CC1CCN=C2Nc3ccccc3CC21. The van der Waals surface area contributed by atoms with Crippen LogP contribution in [0.2, 0.25) is 0 Å². The van der Waals surface area contributed by atoms with Gasteiger partial charge in [-0.1, -0.05) is 18.2 Å². The fourth-order valence-corrected chi connectivity index (χ4v) is 2.55. The van der Waals surface area contributed by atoms with E-state index in [2.05, 4.69) is 28.5 Å². The highest BCUT2D eigenvalue weighted by atomic mass is 15.0. The van der Waals surface area contributed by atoms with Gasteiger partial charge in [0.15, 0.2) is 0 Å². The van der Waals surface area contributed by atoms with E-state index >= 15 is 0 Å². The van der Waals surface area contributed by atoms with Crippen LogP contribution in [0.5, 0.6) is 0 Å². The largest absolute Gasteiger partial charge is 0.344 e. The third-order valence-electron chi connectivity index (χ3n) is 3.44. The van der Waals surface area contributed by atoms with E-state index in [4.69, 9.17) is 5.26 Å². The minimum Gasteiger partial charge on any atom is -0.344 e. The van der Waals surface area contributed by atoms with Crippen molar-refractivity contribution in [3.05, 3.63) is 29.8 Å². The van der Waals surface area contributed by atoms with Crippen LogP contribution < -0.4 is 5.32 Å². The highest BCUT2D eigenvalue weighted by Gasteiger charge is 2.33. The zero-order valence-corrected chi connectivity index (χ0v) is 8.98. The smallest absolute Gasteiger partial charge is 0.105 e. The van der Waals surface area contributed by atoms with Gasteiger partial charge in [-0.3, -0.25) is 4.99 Å². The van der Waals surface area contributed by atoms with Crippen molar-refractivity contribution in [1.29, 1.82) is 5.26 Å². The molecular formula is C13H13N3. The molecule has 0 radical (unpaired) electrons. The van der Waals surface area contributed by atoms with Gasteiger partial charge in [0.2, 0.25) is 0 Å². The minimum absolute atomic E-state index is 0.119. The molecule has 3 nitrogen and oxygen atoms in total. The molecule has 1 aromatic rings. The normalized spacial score (nSPS) is 26.8. The Labute approximate surface area is 94.8 Å². The summed E-state index contributed by atoms with van der Waals surface area (Å²) in [5.74, 6) is 1.40. The van der Waals surface area contributed by atoms with Crippen molar-refractivity contribution < 1.29 is 0 Å². The van der Waals surface area contributed by atoms with Crippen LogP contribution in [-0.2, 0) is 6.42 Å². The predicted molar refractivity (Wildman–Crippen MR) is 63.3 cm³/mol. The van der Waals surface area contributed by atoms with Gasteiger partial charge < -0.3 is 5.32 Å². The monoisotopic (exact) mass is 211 g/mol. The number of benzene rings is 1. The molecular weight excluding hydrogens is 198 g/mol. The van der Waals surface area contributed by atoms with Crippen LogP contribution in [0.1, 0.15) is 12.0 Å². The summed E-state index contributed by atoms with van der Waals surface area (Å²) in [5.41, 5.74) is 2.45. The second kappa shape index (κ2) is 3.64. The Morgan fingerprint density at radius 2 is 2.25 bits per heavy atom. The number of hydrogen-bond donors (Lipinski definition) is 1. The fourth-order valence-electron chi connectivity index (χ4n) is 2.55. The third kappa shape index (κ3) is 1.38. The average Bonchev–Trinajstić information content (AvgIpc) is 2.35. The van der Waals surface area contributed by atoms with Crippen LogP contribution in [0.15, 0.2) is 29.3 Å². The first-order valence-electron chi connectivity index (χ1n) is 5.67. The van der Waals surface area contributed by atoms with Gasteiger partial charge in [0, 0.05) is 18.2 Å². The molecule has 0 aromatic heterocycles. The number of nitrogens with zero attached hydrogens (tertiary/aromatic N) is 2. The van der Waals surface area contributed by atoms with Gasteiger partial charge in [-0.15, -0.1) is 0 Å². The summed E-state index contributed by atoms with van der Waals surface area (Å²) in [6, 6.07) is 10.7. The lowest BCUT2D eigenvalue weighted by molar-refractivity contribution is 0.456. The Bertz CT molecular complexity index is 484. The van der Waals surface area contributed by atoms with Crippen molar-refractivity contribution in [3.63, 3.8) is 0 Å². The van der Waals surface area contributed by atoms with Crippen LogP contribution in [0.3, 0.4) is 0 Å². The van der Waals surface area contributed by atoms with E-state index in [0.29, 0.717) is 0 Å². The van der Waals surface area contributed by atoms with E-state index in [0.717, 1.165) is 30.9 Å². The number of nitriles is 1. The van der Waals surface area contributed by atoms with Crippen molar-refractivity contribution in [1.82, 2.24) is 0 Å². The van der Waals surface area contributed by atoms with E-state index in [1.807, 2.05) is 12.1 Å². The maximum atomic E-state index is 9.15. The van der Waals surface area contributed by atoms with Crippen LogP contribution in [-0.4, -0.2) is 12.4 Å². The fraction of sp³-hybridized carbons (Fsp3) is 0.385. The average molecular weight is 211 g/mol. The van der Waals surface area contributed by atoms with Gasteiger partial charge in [-0.05, 0) is 24.5 Å². The number of nitrogens with one attached hydrogen (secondary N) is 1. The molecule has 80 valence electrons. The van der Waals surface area contributed by atoms with Gasteiger partial charge >= 0.3 is 0 Å². The van der Waals surface area contributed by atoms with Gasteiger partial charge in [0.05, 0.1) is 12.0 Å². The van der Waals surface area contributed by atoms with Crippen molar-refractivity contribution in [2.45, 2.75) is 12.8 Å². The van der Waals surface area contributed by atoms with Crippen molar-refractivity contribution >= 4 is 11.5 Å². The molecule has 3 rings (SSSR count). The van der Waals surface area contributed by atoms with E-state index in [9.17, 15) is 0 Å². The summed E-state index contributed by atoms with van der Waals surface area (Å²) in [5, 5.41) is 12.5. The quantitative estimate of drug-likeness (QED) is 0.715. The second-order valence-electron chi connectivity index (χ2n) is 4.38. The maximum absolute atomic E-state index is 9.15. The lowest BCUT2D eigenvalue weighted by Gasteiger charge is -2.33. The number of aliphatic imine (C=N–C) groups is 1. The molecule has 0 amide bonds. The molecule has 0 fully saturated rings. The molecule has 0 saturated heterocycles. The first-order valence-corrected chi connectivity index (χ1v) is 5.67. The number of anilines is 1. The van der Waals surface area contributed by atoms with E-state index in [-0.39, 0.29) is 11.8 Å². The molecule has 1 N–H and O–H groups in total. The Morgan fingerprint density at radius 1 is 1.38 bits per heavy atom. The molecule has 2 heterocycles. The number of para-hydroxylation sites is 1. The summed E-state index contributed by atoms with van der Waals surface area (Å²) in [7, 11) is 0. The van der Waals surface area contributed by atoms with Crippen LogP contribution in [0.4, 0.5) is 5.69 Å². The van der Waals surface area contributed by atoms with E-state index in [1.54, 1.807) is 0 Å². The standard InChI is InChI=1S/C13H13N3/c14-8-10-5-6-15-13-11(10)7-9-3-1-2-4-12(9)16-13/h1-4,10-11H,5-7H2,(H,15,16). The van der Waals surface area contributed by atoms with Crippen LogP contribution in [0, 0.1) is 23.2 Å². The molecule has 0 aliphatic carbocycles. The summed E-state index contributed by atoms with van der Waals surface area (Å²) >= 11 is 0. The van der Waals surface area contributed by atoms with Crippen LogP contribution in [0.25, 0.3) is 0 Å². The molecule has 3 heteroatoms. The summed E-state index contributed by atoms with van der Waals surface area (Å²) in [6.45, 7) is 0.777. The molecule has 2 atom stereocenters. The summed E-state index contributed by atoms with van der Waals surface area (Å²) < 4.78 is 0. The Balaban J connectivity index is 2.00. The Hall–Kier alpha value is -1.82. The number of fused-ring (bicyclic) bond motifs is 2. The highest BCUT2D eigenvalue weighted by molar-refractivity contribution is 6.00. The summed E-state index contributed by atoms with van der Waals surface area (Å²) in [4.78, 5) is 4.50. The zero-order chi connectivity index (χ0) is 11.0. The Kier molecular flexibility index (Phi) is 2.14. The number of hydrogen-bond acceptors (Lipinski definition) is 3. The van der Waals surface area contributed by atoms with Crippen molar-refractivity contribution in [2.75, 3.05) is 11.9 Å². The van der Waals surface area contributed by atoms with Gasteiger partial charge in [-0.2, -0.15) is 5.26 Å². The second-order valence-corrected chi connectivity index (χ2v) is 4.38. The molecule has 0 spiro atoms. The third-order valence-corrected chi connectivity index (χ3v) is 3.44. The van der Waals surface area contributed by atoms with Crippen molar-refractivity contribution in [2.24, 2.45) is 16.8 Å². The lowest BCUT2D eigenvalue weighted by Crippen LogP contribution is -2.38. The molecule has 16 heavy (non-hydrogen) atoms. The molecule has 1 aromatic carbocycles. The predicted octanol–water partition coefficient (Wildman–Crippen LogP) is 2.21. The van der Waals surface area contributed by atoms with Gasteiger partial charge in [0.1, 0.15) is 5.84 Å². The molecule has 2 aliphatic rings. The van der Waals surface area contributed by atoms with Gasteiger partial charge in [0.25, 0.3) is 0 Å². The first-order chi connectivity index (χ1) is 7.88. The highest BCUT2D eigenvalue weighted by Crippen LogP contribution is 2.33. The summed E-state index contributed by atoms with van der Waals surface area (Å²) in [6.07, 6.45) is 1.84. The van der Waals surface area contributed by atoms with Crippen LogP contribution >= 0.6 is 0 Å². The number of rotatable bonds is 0. The van der Waals surface area contributed by atoms with Crippen molar-refractivity contribution in [3.8, 4) is 6.07 Å². The topological polar surface area (TPSA) is 48.2 Å². The molecule has 2 aliphatic heterocycles. The minimum atomic E-state index is 0.119. The molecule has 0 saturated carbocycles. The lowest BCUT2D eigenvalue weighted by atomic mass is 9.80. The van der Waals surface area contributed by atoms with E-state index < -0.39 is 0 Å². The zero-order valence-electron chi connectivity index (χ0n) is 8.98. The van der Waals surface area contributed by atoms with Gasteiger partial charge in [-0.25, -0.2) is 0 Å².